The summed E-state index contributed by atoms with van der Waals surface area (Å²) in [6.45, 7) is 2.93. The van der Waals surface area contributed by atoms with Crippen LogP contribution in [-0.2, 0) is 14.8 Å². The SMILES string of the molecule is CC(Cl)CCNS(=O)(=O)CC1CCCO1. The summed E-state index contributed by atoms with van der Waals surface area (Å²) in [7, 11) is -3.19. The summed E-state index contributed by atoms with van der Waals surface area (Å²) < 4.78 is 30.9. The smallest absolute Gasteiger partial charge is 0.214 e. The monoisotopic (exact) mass is 255 g/mol. The maximum absolute atomic E-state index is 11.5. The van der Waals surface area contributed by atoms with E-state index in [2.05, 4.69) is 4.72 Å². The Morgan fingerprint density at radius 3 is 2.87 bits per heavy atom. The molecule has 2 atom stereocenters. The first-order chi connectivity index (χ1) is 6.99. The number of sulfonamides is 1. The van der Waals surface area contributed by atoms with E-state index >= 15 is 0 Å². The summed E-state index contributed by atoms with van der Waals surface area (Å²) in [4.78, 5) is 0. The minimum absolute atomic E-state index is 0.00423. The summed E-state index contributed by atoms with van der Waals surface area (Å²) in [6.07, 6.45) is 2.31. The molecule has 1 fully saturated rings. The Hall–Kier alpha value is 0.160. The molecule has 0 aromatic rings. The van der Waals surface area contributed by atoms with Crippen molar-refractivity contribution in [2.24, 2.45) is 0 Å². The van der Waals surface area contributed by atoms with Gasteiger partial charge in [0.05, 0.1) is 11.9 Å². The van der Waals surface area contributed by atoms with Gasteiger partial charge in [-0.3, -0.25) is 0 Å². The van der Waals surface area contributed by atoms with Crippen molar-refractivity contribution in [1.82, 2.24) is 4.72 Å². The van der Waals surface area contributed by atoms with Crippen LogP contribution in [0.15, 0.2) is 0 Å². The van der Waals surface area contributed by atoms with Crippen molar-refractivity contribution in [3.8, 4) is 0 Å². The van der Waals surface area contributed by atoms with E-state index in [1.54, 1.807) is 0 Å². The van der Waals surface area contributed by atoms with Crippen LogP contribution in [0.4, 0.5) is 0 Å². The zero-order valence-electron chi connectivity index (χ0n) is 8.91. The molecule has 1 aliphatic rings. The lowest BCUT2D eigenvalue weighted by Crippen LogP contribution is -2.33. The minimum atomic E-state index is -3.19. The van der Waals surface area contributed by atoms with Crippen LogP contribution in [0.3, 0.4) is 0 Å². The molecule has 6 heteroatoms. The van der Waals surface area contributed by atoms with Crippen molar-refractivity contribution in [1.29, 1.82) is 0 Å². The lowest BCUT2D eigenvalue weighted by Gasteiger charge is -2.11. The number of hydrogen-bond donors (Lipinski definition) is 1. The molecule has 0 spiro atoms. The second-order valence-corrected chi connectivity index (χ2v) is 6.48. The number of alkyl halides is 1. The van der Waals surface area contributed by atoms with Crippen LogP contribution in [-0.4, -0.2) is 38.8 Å². The highest BCUT2D eigenvalue weighted by molar-refractivity contribution is 7.89. The Morgan fingerprint density at radius 2 is 2.33 bits per heavy atom. The Morgan fingerprint density at radius 1 is 1.60 bits per heavy atom. The van der Waals surface area contributed by atoms with Crippen LogP contribution in [0, 0.1) is 0 Å². The molecule has 1 heterocycles. The van der Waals surface area contributed by atoms with Gasteiger partial charge in [-0.25, -0.2) is 13.1 Å². The number of hydrogen-bond acceptors (Lipinski definition) is 3. The van der Waals surface area contributed by atoms with Gasteiger partial charge < -0.3 is 4.74 Å². The molecule has 1 aliphatic heterocycles. The highest BCUT2D eigenvalue weighted by Crippen LogP contribution is 2.13. The molecule has 0 aromatic carbocycles. The second-order valence-electron chi connectivity index (χ2n) is 3.88. The number of rotatable bonds is 6. The normalized spacial score (nSPS) is 24.3. The van der Waals surface area contributed by atoms with E-state index < -0.39 is 10.0 Å². The third-order valence-corrected chi connectivity index (χ3v) is 3.97. The molecule has 0 amide bonds. The van der Waals surface area contributed by atoms with E-state index in [1.165, 1.54) is 0 Å². The molecule has 15 heavy (non-hydrogen) atoms. The second kappa shape index (κ2) is 6.03. The van der Waals surface area contributed by atoms with Gasteiger partial charge >= 0.3 is 0 Å². The van der Waals surface area contributed by atoms with Crippen LogP contribution >= 0.6 is 11.6 Å². The summed E-state index contributed by atoms with van der Waals surface area (Å²) in [5.41, 5.74) is 0. The summed E-state index contributed by atoms with van der Waals surface area (Å²) >= 11 is 5.72. The van der Waals surface area contributed by atoms with Crippen LogP contribution in [0.1, 0.15) is 26.2 Å². The van der Waals surface area contributed by atoms with Crippen molar-refractivity contribution in [2.45, 2.75) is 37.7 Å². The molecule has 90 valence electrons. The maximum Gasteiger partial charge on any atom is 0.214 e. The van der Waals surface area contributed by atoms with Crippen LogP contribution in [0.25, 0.3) is 0 Å². The molecule has 4 nitrogen and oxygen atoms in total. The fourth-order valence-electron chi connectivity index (χ4n) is 1.49. The van der Waals surface area contributed by atoms with Crippen molar-refractivity contribution in [3.63, 3.8) is 0 Å². The average molecular weight is 256 g/mol. The van der Waals surface area contributed by atoms with E-state index in [-0.39, 0.29) is 17.2 Å². The zero-order chi connectivity index (χ0) is 11.3. The van der Waals surface area contributed by atoms with Crippen LogP contribution in [0.5, 0.6) is 0 Å². The Kier molecular flexibility index (Phi) is 5.32. The largest absolute Gasteiger partial charge is 0.377 e. The standard InChI is InChI=1S/C9H18ClNO3S/c1-8(10)4-5-11-15(12,13)7-9-3-2-6-14-9/h8-9,11H,2-7H2,1H3. The van der Waals surface area contributed by atoms with Crippen LogP contribution in [0.2, 0.25) is 0 Å². The maximum atomic E-state index is 11.5. The highest BCUT2D eigenvalue weighted by Gasteiger charge is 2.22. The lowest BCUT2D eigenvalue weighted by molar-refractivity contribution is 0.127. The molecule has 0 aliphatic carbocycles. The number of nitrogens with one attached hydrogen (secondary N) is 1. The van der Waals surface area contributed by atoms with E-state index in [0.717, 1.165) is 12.8 Å². The average Bonchev–Trinajstić information content (AvgIpc) is 2.54. The predicted octanol–water partition coefficient (Wildman–Crippen LogP) is 1.10. The molecule has 1 N–H and O–H groups in total. The van der Waals surface area contributed by atoms with Gasteiger partial charge in [-0.05, 0) is 26.2 Å². The quantitative estimate of drug-likeness (QED) is 0.724. The fraction of sp³-hybridized carbons (Fsp3) is 1.00. The van der Waals surface area contributed by atoms with Crippen molar-refractivity contribution in [2.75, 3.05) is 18.9 Å². The van der Waals surface area contributed by atoms with Crippen LogP contribution < -0.4 is 4.72 Å². The van der Waals surface area contributed by atoms with E-state index in [1.807, 2.05) is 6.92 Å². The molecule has 1 saturated heterocycles. The number of halogens is 1. The summed E-state index contributed by atoms with van der Waals surface area (Å²) in [5.74, 6) is 0.0731. The Labute approximate surface area is 96.4 Å². The minimum Gasteiger partial charge on any atom is -0.377 e. The van der Waals surface area contributed by atoms with Crippen molar-refractivity contribution >= 4 is 21.6 Å². The van der Waals surface area contributed by atoms with Gasteiger partial charge in [0.1, 0.15) is 0 Å². The molecule has 0 bridgehead atoms. The molecule has 0 saturated carbocycles. The number of ether oxygens (including phenoxy) is 1. The molecular weight excluding hydrogens is 238 g/mol. The van der Waals surface area contributed by atoms with Crippen molar-refractivity contribution in [3.05, 3.63) is 0 Å². The van der Waals surface area contributed by atoms with E-state index in [4.69, 9.17) is 16.3 Å². The van der Waals surface area contributed by atoms with Gasteiger partial charge in [0, 0.05) is 18.5 Å². The molecule has 2 unspecified atom stereocenters. The predicted molar refractivity (Wildman–Crippen MR) is 60.7 cm³/mol. The first-order valence-corrected chi connectivity index (χ1v) is 7.31. The zero-order valence-corrected chi connectivity index (χ0v) is 10.5. The molecule has 0 radical (unpaired) electrons. The van der Waals surface area contributed by atoms with Gasteiger partial charge in [-0.15, -0.1) is 11.6 Å². The van der Waals surface area contributed by atoms with Gasteiger partial charge in [0.15, 0.2) is 0 Å². The first kappa shape index (κ1) is 13.2. The highest BCUT2D eigenvalue weighted by atomic mass is 35.5. The molecule has 1 rings (SSSR count). The fourth-order valence-corrected chi connectivity index (χ4v) is 2.90. The van der Waals surface area contributed by atoms with E-state index in [0.29, 0.717) is 19.6 Å². The molecule has 0 aromatic heterocycles. The third kappa shape index (κ3) is 5.70. The third-order valence-electron chi connectivity index (χ3n) is 2.29. The van der Waals surface area contributed by atoms with Gasteiger partial charge in [-0.2, -0.15) is 0 Å². The topological polar surface area (TPSA) is 55.4 Å². The van der Waals surface area contributed by atoms with Crippen molar-refractivity contribution < 1.29 is 13.2 Å². The van der Waals surface area contributed by atoms with Gasteiger partial charge in [0.25, 0.3) is 0 Å². The summed E-state index contributed by atoms with van der Waals surface area (Å²) in [5, 5.41) is -0.00423. The first-order valence-electron chi connectivity index (χ1n) is 5.22. The van der Waals surface area contributed by atoms with Gasteiger partial charge in [0.2, 0.25) is 10.0 Å². The Balaban J connectivity index is 2.25. The lowest BCUT2D eigenvalue weighted by atomic mass is 10.3. The molecular formula is C9H18ClNO3S. The van der Waals surface area contributed by atoms with Gasteiger partial charge in [-0.1, -0.05) is 0 Å². The van der Waals surface area contributed by atoms with E-state index in [9.17, 15) is 8.42 Å². The summed E-state index contributed by atoms with van der Waals surface area (Å²) in [6, 6.07) is 0. The Bertz CT molecular complexity index is 273.